The average molecular weight is 596 g/mol. The Balaban J connectivity index is 1.31. The number of aryl methyl sites for hydroxylation is 1. The van der Waals surface area contributed by atoms with Gasteiger partial charge in [0.2, 0.25) is 11.8 Å². The van der Waals surface area contributed by atoms with Gasteiger partial charge in [-0.2, -0.15) is 0 Å². The molecule has 0 spiro atoms. The lowest BCUT2D eigenvalue weighted by molar-refractivity contribution is -0.150. The fraction of sp³-hybridized carbons (Fsp3) is 0.444. The van der Waals surface area contributed by atoms with E-state index in [9.17, 15) is 9.59 Å². The first-order chi connectivity index (χ1) is 21.0. The van der Waals surface area contributed by atoms with E-state index in [1.807, 2.05) is 60.3 Å². The molecule has 2 unspecified atom stereocenters. The van der Waals surface area contributed by atoms with Gasteiger partial charge in [-0.15, -0.1) is 0 Å². The van der Waals surface area contributed by atoms with Crippen LogP contribution < -0.4 is 10.2 Å². The van der Waals surface area contributed by atoms with E-state index in [2.05, 4.69) is 67.3 Å². The number of fused-ring (bicyclic) bond motifs is 1. The molecule has 2 amide bonds. The van der Waals surface area contributed by atoms with Crippen molar-refractivity contribution in [2.45, 2.75) is 58.0 Å². The van der Waals surface area contributed by atoms with Crippen molar-refractivity contribution in [3.05, 3.63) is 83.9 Å². The third kappa shape index (κ3) is 5.40. The van der Waals surface area contributed by atoms with Gasteiger partial charge in [-0.25, -0.2) is 0 Å². The Labute approximate surface area is 260 Å². The first kappa shape index (κ1) is 30.0. The lowest BCUT2D eigenvalue weighted by Crippen LogP contribution is -2.62. The number of aromatic nitrogens is 1. The van der Waals surface area contributed by atoms with Crippen molar-refractivity contribution in [3.8, 4) is 0 Å². The highest BCUT2D eigenvalue weighted by molar-refractivity contribution is 6.01. The molecule has 2 atom stereocenters. The van der Waals surface area contributed by atoms with Crippen LogP contribution in [0.25, 0.3) is 10.9 Å². The summed E-state index contributed by atoms with van der Waals surface area (Å²) in [4.78, 5) is 38.7. The normalized spacial score (nSPS) is 20.8. The second-order valence-electron chi connectivity index (χ2n) is 13.6. The maximum atomic E-state index is 14.6. The van der Waals surface area contributed by atoms with Gasteiger partial charge in [0.1, 0.15) is 11.3 Å². The maximum Gasteiger partial charge on any atom is 0.250 e. The number of para-hydroxylation sites is 1. The lowest BCUT2D eigenvalue weighted by Gasteiger charge is -2.46. The largest absolute Gasteiger partial charge is 0.467 e. The van der Waals surface area contributed by atoms with Gasteiger partial charge in [-0.05, 0) is 92.1 Å². The summed E-state index contributed by atoms with van der Waals surface area (Å²) in [7, 11) is 6.05. The minimum Gasteiger partial charge on any atom is -0.467 e. The molecular formula is C36H45N5O3. The number of amides is 2. The van der Waals surface area contributed by atoms with Crippen molar-refractivity contribution in [1.29, 1.82) is 0 Å². The molecule has 0 radical (unpaired) electrons. The average Bonchev–Trinajstić information content (AvgIpc) is 3.37. The molecule has 8 heteroatoms. The molecule has 3 heterocycles. The number of benzene rings is 2. The van der Waals surface area contributed by atoms with Gasteiger partial charge in [-0.1, -0.05) is 32.0 Å². The van der Waals surface area contributed by atoms with Crippen LogP contribution in [0.5, 0.6) is 0 Å². The summed E-state index contributed by atoms with van der Waals surface area (Å²) in [5.41, 5.74) is 4.35. The monoisotopic (exact) mass is 595 g/mol. The summed E-state index contributed by atoms with van der Waals surface area (Å²) in [5.74, 6) is 0.964. The molecule has 6 rings (SSSR count). The molecule has 1 aliphatic heterocycles. The lowest BCUT2D eigenvalue weighted by atomic mass is 9.83. The molecule has 2 aliphatic rings. The Morgan fingerprint density at radius 3 is 2.39 bits per heavy atom. The van der Waals surface area contributed by atoms with Gasteiger partial charge in [0.05, 0.1) is 12.8 Å². The number of anilines is 2. The van der Waals surface area contributed by atoms with Crippen LogP contribution >= 0.6 is 0 Å². The number of aromatic amines is 1. The van der Waals surface area contributed by atoms with Crippen LogP contribution in [0.3, 0.4) is 0 Å². The van der Waals surface area contributed by atoms with Gasteiger partial charge < -0.3 is 29.4 Å². The van der Waals surface area contributed by atoms with Gasteiger partial charge in [-0.3, -0.25) is 9.59 Å². The smallest absolute Gasteiger partial charge is 0.250 e. The summed E-state index contributed by atoms with van der Waals surface area (Å²) in [5, 5.41) is 4.42. The van der Waals surface area contributed by atoms with Crippen molar-refractivity contribution < 1.29 is 14.0 Å². The van der Waals surface area contributed by atoms with Crippen LogP contribution in [0.4, 0.5) is 11.4 Å². The predicted molar refractivity (Wildman–Crippen MR) is 176 cm³/mol. The predicted octanol–water partition coefficient (Wildman–Crippen LogP) is 6.40. The number of carbonyl (C=O) groups is 2. The van der Waals surface area contributed by atoms with E-state index in [-0.39, 0.29) is 35.6 Å². The standard InChI is InChI=1S/C36H45N5O3/c1-24-32(28-11-7-8-12-30(28)37-24)33-29(35(33,2)3)22-31(42)41(23-27-10-9-21-44-27)36(17-19-40(6)20-18-36)34(43)38-25-13-15-26(16-14-25)39(4)5/h7-16,21,29,33,37H,17-20,22-23H2,1-6H3,(H,38,43). The van der Waals surface area contributed by atoms with E-state index < -0.39 is 5.54 Å². The highest BCUT2D eigenvalue weighted by atomic mass is 16.3. The number of carbonyl (C=O) groups excluding carboxylic acids is 2. The molecule has 232 valence electrons. The SMILES string of the molecule is Cc1[nH]c2ccccc2c1C1C(CC(=O)N(Cc2ccco2)C2(C(=O)Nc3ccc(N(C)C)cc3)CCN(C)CC2)C1(C)C. The minimum atomic E-state index is -0.998. The quantitative estimate of drug-likeness (QED) is 0.234. The number of nitrogens with one attached hydrogen (secondary N) is 2. The highest BCUT2D eigenvalue weighted by Gasteiger charge is 2.60. The van der Waals surface area contributed by atoms with Crippen LogP contribution in [-0.2, 0) is 16.1 Å². The van der Waals surface area contributed by atoms with E-state index in [0.29, 0.717) is 25.0 Å². The molecule has 1 saturated carbocycles. The minimum absolute atomic E-state index is 0.00197. The summed E-state index contributed by atoms with van der Waals surface area (Å²) < 4.78 is 5.77. The number of rotatable bonds is 9. The fourth-order valence-corrected chi connectivity index (χ4v) is 7.43. The van der Waals surface area contributed by atoms with Crippen molar-refractivity contribution in [2.24, 2.45) is 11.3 Å². The van der Waals surface area contributed by atoms with E-state index in [1.54, 1.807) is 6.26 Å². The Morgan fingerprint density at radius 2 is 1.73 bits per heavy atom. The molecule has 2 N–H and O–H groups in total. The summed E-state index contributed by atoms with van der Waals surface area (Å²) in [6.45, 7) is 8.37. The third-order valence-electron chi connectivity index (χ3n) is 10.3. The number of furan rings is 1. The molecule has 2 aromatic carbocycles. The first-order valence-corrected chi connectivity index (χ1v) is 15.7. The number of H-pyrrole nitrogens is 1. The molecule has 4 aromatic rings. The molecule has 0 bridgehead atoms. The van der Waals surface area contributed by atoms with E-state index in [0.717, 1.165) is 35.7 Å². The summed E-state index contributed by atoms with van der Waals surface area (Å²) in [6.07, 6.45) is 3.11. The van der Waals surface area contributed by atoms with Crippen molar-refractivity contribution in [3.63, 3.8) is 0 Å². The third-order valence-corrected chi connectivity index (χ3v) is 10.3. The van der Waals surface area contributed by atoms with Crippen LogP contribution in [0, 0.1) is 18.3 Å². The topological polar surface area (TPSA) is 84.8 Å². The second kappa shape index (κ2) is 11.5. The summed E-state index contributed by atoms with van der Waals surface area (Å²) in [6, 6.07) is 20.0. The van der Waals surface area contributed by atoms with Crippen molar-refractivity contribution in [1.82, 2.24) is 14.8 Å². The number of likely N-dealkylation sites (tertiary alicyclic amines) is 1. The van der Waals surface area contributed by atoms with Crippen LogP contribution in [0.15, 0.2) is 71.3 Å². The van der Waals surface area contributed by atoms with Crippen molar-refractivity contribution in [2.75, 3.05) is 44.4 Å². The van der Waals surface area contributed by atoms with Crippen LogP contribution in [-0.4, -0.2) is 66.4 Å². The number of piperidine rings is 1. The van der Waals surface area contributed by atoms with E-state index >= 15 is 0 Å². The Bertz CT molecular complexity index is 1630. The van der Waals surface area contributed by atoms with Crippen LogP contribution in [0.2, 0.25) is 0 Å². The Kier molecular flexibility index (Phi) is 7.82. The molecule has 2 aromatic heterocycles. The molecule has 2 fully saturated rings. The highest BCUT2D eigenvalue weighted by Crippen LogP contribution is 2.67. The summed E-state index contributed by atoms with van der Waals surface area (Å²) >= 11 is 0. The zero-order valence-corrected chi connectivity index (χ0v) is 26.8. The molecular weight excluding hydrogens is 550 g/mol. The van der Waals surface area contributed by atoms with Crippen LogP contribution in [0.1, 0.15) is 56.0 Å². The Hall–Kier alpha value is -4.04. The van der Waals surface area contributed by atoms with E-state index in [1.165, 1.54) is 10.9 Å². The fourth-order valence-electron chi connectivity index (χ4n) is 7.43. The first-order valence-electron chi connectivity index (χ1n) is 15.7. The van der Waals surface area contributed by atoms with Gasteiger partial charge in [0, 0.05) is 61.6 Å². The molecule has 1 aliphatic carbocycles. The maximum absolute atomic E-state index is 14.6. The van der Waals surface area contributed by atoms with Gasteiger partial charge in [0.15, 0.2) is 0 Å². The van der Waals surface area contributed by atoms with Crippen molar-refractivity contribution >= 4 is 34.1 Å². The number of hydrogen-bond donors (Lipinski definition) is 2. The molecule has 8 nitrogen and oxygen atoms in total. The van der Waals surface area contributed by atoms with E-state index in [4.69, 9.17) is 4.42 Å². The number of hydrogen-bond acceptors (Lipinski definition) is 5. The molecule has 44 heavy (non-hydrogen) atoms. The van der Waals surface area contributed by atoms with Gasteiger partial charge >= 0.3 is 0 Å². The zero-order chi connectivity index (χ0) is 31.2. The van der Waals surface area contributed by atoms with Gasteiger partial charge in [0.25, 0.3) is 0 Å². The zero-order valence-electron chi connectivity index (χ0n) is 26.8. The second-order valence-corrected chi connectivity index (χ2v) is 13.6. The molecule has 1 saturated heterocycles. The number of nitrogens with zero attached hydrogens (tertiary/aromatic N) is 3. The Morgan fingerprint density at radius 1 is 1.02 bits per heavy atom.